The molecule has 112 valence electrons. The van der Waals surface area contributed by atoms with E-state index in [1.165, 1.54) is 25.3 Å². The molecule has 6 heteroatoms. The van der Waals surface area contributed by atoms with Crippen molar-refractivity contribution in [2.75, 3.05) is 18.0 Å². The van der Waals surface area contributed by atoms with Crippen LogP contribution in [-0.2, 0) is 10.0 Å². The summed E-state index contributed by atoms with van der Waals surface area (Å²) in [5, 5.41) is 5.28. The molecule has 5 nitrogen and oxygen atoms in total. The van der Waals surface area contributed by atoms with Gasteiger partial charge in [-0.25, -0.2) is 18.5 Å². The van der Waals surface area contributed by atoms with E-state index in [4.69, 9.17) is 5.14 Å². The van der Waals surface area contributed by atoms with Gasteiger partial charge in [0.1, 0.15) is 10.7 Å². The molecule has 1 aromatic heterocycles. The highest BCUT2D eigenvalue weighted by atomic mass is 32.2. The first-order chi connectivity index (χ1) is 9.52. The van der Waals surface area contributed by atoms with Gasteiger partial charge in [0, 0.05) is 19.3 Å². The van der Waals surface area contributed by atoms with Crippen LogP contribution < -0.4 is 10.0 Å². The van der Waals surface area contributed by atoms with Gasteiger partial charge in [-0.2, -0.15) is 0 Å². The van der Waals surface area contributed by atoms with Crippen LogP contribution in [0.15, 0.2) is 23.2 Å². The second-order valence-corrected chi connectivity index (χ2v) is 6.97. The van der Waals surface area contributed by atoms with Crippen molar-refractivity contribution in [2.45, 2.75) is 43.9 Å². The average molecular weight is 297 g/mol. The van der Waals surface area contributed by atoms with Crippen molar-refractivity contribution in [2.24, 2.45) is 11.1 Å². The third-order valence-corrected chi connectivity index (χ3v) is 4.83. The number of hydrogen-bond donors (Lipinski definition) is 1. The van der Waals surface area contributed by atoms with Gasteiger partial charge in [0.2, 0.25) is 10.0 Å². The Labute approximate surface area is 121 Å². The zero-order chi connectivity index (χ0) is 14.6. The molecule has 0 aromatic carbocycles. The van der Waals surface area contributed by atoms with Gasteiger partial charge in [-0.3, -0.25) is 0 Å². The third kappa shape index (κ3) is 3.70. The molecule has 1 unspecified atom stereocenters. The van der Waals surface area contributed by atoms with E-state index in [9.17, 15) is 8.42 Å². The van der Waals surface area contributed by atoms with Crippen LogP contribution in [0, 0.1) is 5.92 Å². The van der Waals surface area contributed by atoms with E-state index in [1.54, 1.807) is 12.3 Å². The van der Waals surface area contributed by atoms with Crippen LogP contribution in [-0.4, -0.2) is 26.5 Å². The summed E-state index contributed by atoms with van der Waals surface area (Å²) in [6.07, 6.45) is 7.45. The zero-order valence-corrected chi connectivity index (χ0v) is 12.8. The fourth-order valence-electron chi connectivity index (χ4n) is 2.92. The summed E-state index contributed by atoms with van der Waals surface area (Å²) in [5.41, 5.74) is 0. The Morgan fingerprint density at radius 1 is 1.40 bits per heavy atom. The van der Waals surface area contributed by atoms with Gasteiger partial charge < -0.3 is 4.90 Å². The number of pyridine rings is 1. The number of nitrogens with zero attached hydrogens (tertiary/aromatic N) is 2. The third-order valence-electron chi connectivity index (χ3n) is 3.90. The Kier molecular flexibility index (Phi) is 4.99. The molecule has 2 heterocycles. The van der Waals surface area contributed by atoms with Gasteiger partial charge in [0.25, 0.3) is 0 Å². The SMILES string of the molecule is CCCC1CCCN(c2ncccc2S(N)(=O)=O)CC1. The zero-order valence-electron chi connectivity index (χ0n) is 12.0. The van der Waals surface area contributed by atoms with Crippen LogP contribution in [0.5, 0.6) is 0 Å². The smallest absolute Gasteiger partial charge is 0.241 e. The fraction of sp³-hybridized carbons (Fsp3) is 0.643. The van der Waals surface area contributed by atoms with Crippen molar-refractivity contribution in [3.05, 3.63) is 18.3 Å². The van der Waals surface area contributed by atoms with Gasteiger partial charge >= 0.3 is 0 Å². The van der Waals surface area contributed by atoms with E-state index in [0.29, 0.717) is 5.82 Å². The van der Waals surface area contributed by atoms with Crippen LogP contribution in [0.4, 0.5) is 5.82 Å². The monoisotopic (exact) mass is 297 g/mol. The molecule has 2 N–H and O–H groups in total. The lowest BCUT2D eigenvalue weighted by Crippen LogP contribution is -2.28. The average Bonchev–Trinajstić information content (AvgIpc) is 2.64. The molecular weight excluding hydrogens is 274 g/mol. The molecule has 20 heavy (non-hydrogen) atoms. The molecule has 0 aliphatic carbocycles. The number of hydrogen-bond acceptors (Lipinski definition) is 4. The summed E-state index contributed by atoms with van der Waals surface area (Å²) in [7, 11) is -3.72. The van der Waals surface area contributed by atoms with Crippen molar-refractivity contribution in [1.29, 1.82) is 0 Å². The molecular formula is C14H23N3O2S. The minimum absolute atomic E-state index is 0.133. The van der Waals surface area contributed by atoms with E-state index in [2.05, 4.69) is 16.8 Å². The lowest BCUT2D eigenvalue weighted by atomic mass is 9.96. The number of anilines is 1. The van der Waals surface area contributed by atoms with Crippen molar-refractivity contribution >= 4 is 15.8 Å². The molecule has 1 aliphatic heterocycles. The Bertz CT molecular complexity index is 545. The summed E-state index contributed by atoms with van der Waals surface area (Å²) in [5.74, 6) is 1.25. The number of nitrogens with two attached hydrogens (primary N) is 1. The molecule has 1 fully saturated rings. The molecule has 0 amide bonds. The second-order valence-electron chi connectivity index (χ2n) is 5.44. The molecule has 0 bridgehead atoms. The highest BCUT2D eigenvalue weighted by Crippen LogP contribution is 2.27. The van der Waals surface area contributed by atoms with E-state index in [0.717, 1.165) is 31.8 Å². The van der Waals surface area contributed by atoms with Crippen molar-refractivity contribution in [3.63, 3.8) is 0 Å². The topological polar surface area (TPSA) is 76.3 Å². The van der Waals surface area contributed by atoms with Gasteiger partial charge in [-0.05, 0) is 37.3 Å². The molecule has 1 saturated heterocycles. The Balaban J connectivity index is 2.20. The Morgan fingerprint density at radius 2 is 2.20 bits per heavy atom. The van der Waals surface area contributed by atoms with Crippen LogP contribution >= 0.6 is 0 Å². The van der Waals surface area contributed by atoms with Crippen molar-refractivity contribution in [1.82, 2.24) is 4.98 Å². The number of primary sulfonamides is 1. The second kappa shape index (κ2) is 6.54. The van der Waals surface area contributed by atoms with Gasteiger partial charge in [0.15, 0.2) is 0 Å². The van der Waals surface area contributed by atoms with Crippen LogP contribution in [0.1, 0.15) is 39.0 Å². The van der Waals surface area contributed by atoms with E-state index in [-0.39, 0.29) is 4.90 Å². The Morgan fingerprint density at radius 3 is 2.90 bits per heavy atom. The van der Waals surface area contributed by atoms with Crippen molar-refractivity contribution < 1.29 is 8.42 Å². The van der Waals surface area contributed by atoms with Gasteiger partial charge in [-0.15, -0.1) is 0 Å². The Hall–Kier alpha value is -1.14. The molecule has 1 atom stereocenters. The number of aromatic nitrogens is 1. The lowest BCUT2D eigenvalue weighted by molar-refractivity contribution is 0.435. The van der Waals surface area contributed by atoms with Crippen LogP contribution in [0.25, 0.3) is 0 Å². The predicted octanol–water partition coefficient (Wildman–Crippen LogP) is 2.14. The normalized spacial score (nSPS) is 20.7. The maximum absolute atomic E-state index is 11.7. The molecule has 1 aromatic rings. The van der Waals surface area contributed by atoms with E-state index >= 15 is 0 Å². The summed E-state index contributed by atoms with van der Waals surface area (Å²) in [6.45, 7) is 3.91. The van der Waals surface area contributed by atoms with E-state index < -0.39 is 10.0 Å². The van der Waals surface area contributed by atoms with Gasteiger partial charge in [0.05, 0.1) is 0 Å². The lowest BCUT2D eigenvalue weighted by Gasteiger charge is -2.23. The summed E-state index contributed by atoms with van der Waals surface area (Å²) >= 11 is 0. The first kappa shape index (κ1) is 15.3. The highest BCUT2D eigenvalue weighted by Gasteiger charge is 2.22. The minimum atomic E-state index is -3.72. The van der Waals surface area contributed by atoms with Crippen LogP contribution in [0.2, 0.25) is 0 Å². The maximum Gasteiger partial charge on any atom is 0.241 e. The number of sulfonamides is 1. The fourth-order valence-corrected chi connectivity index (χ4v) is 3.62. The first-order valence-electron chi connectivity index (χ1n) is 7.25. The highest BCUT2D eigenvalue weighted by molar-refractivity contribution is 7.89. The first-order valence-corrected chi connectivity index (χ1v) is 8.79. The summed E-state index contributed by atoms with van der Waals surface area (Å²) < 4.78 is 23.3. The minimum Gasteiger partial charge on any atom is -0.355 e. The maximum atomic E-state index is 11.7. The summed E-state index contributed by atoms with van der Waals surface area (Å²) in [4.78, 5) is 6.45. The van der Waals surface area contributed by atoms with E-state index in [1.807, 2.05) is 0 Å². The number of rotatable bonds is 4. The van der Waals surface area contributed by atoms with Gasteiger partial charge in [-0.1, -0.05) is 19.8 Å². The molecule has 2 rings (SSSR count). The predicted molar refractivity (Wildman–Crippen MR) is 80.1 cm³/mol. The van der Waals surface area contributed by atoms with Crippen molar-refractivity contribution in [3.8, 4) is 0 Å². The molecule has 0 radical (unpaired) electrons. The standard InChI is InChI=1S/C14H23N3O2S/c1-2-5-12-6-4-10-17(11-8-12)14-13(20(15,18)19)7-3-9-16-14/h3,7,9,12H,2,4-6,8,10-11H2,1H3,(H2,15,18,19). The molecule has 1 aliphatic rings. The van der Waals surface area contributed by atoms with Crippen LogP contribution in [0.3, 0.4) is 0 Å². The quantitative estimate of drug-likeness (QED) is 0.923. The summed E-state index contributed by atoms with van der Waals surface area (Å²) in [6, 6.07) is 3.15. The molecule has 0 saturated carbocycles. The molecule has 0 spiro atoms. The largest absolute Gasteiger partial charge is 0.355 e.